The van der Waals surface area contributed by atoms with Crippen molar-refractivity contribution in [2.24, 2.45) is 11.7 Å². The first kappa shape index (κ1) is 15.1. The summed E-state index contributed by atoms with van der Waals surface area (Å²) in [5.74, 6) is 0.885. The van der Waals surface area contributed by atoms with Gasteiger partial charge < -0.3 is 5.73 Å². The van der Waals surface area contributed by atoms with Crippen LogP contribution in [0.25, 0.3) is 0 Å². The van der Waals surface area contributed by atoms with E-state index in [-0.39, 0.29) is 0 Å². The molecule has 0 bridgehead atoms. The maximum Gasteiger partial charge on any atom is 0.0354 e. The number of nitrogens with two attached hydrogens (primary N) is 1. The van der Waals surface area contributed by atoms with Gasteiger partial charge in [-0.1, -0.05) is 44.0 Å². The Morgan fingerprint density at radius 3 is 2.86 bits per heavy atom. The van der Waals surface area contributed by atoms with Crippen LogP contribution in [0.2, 0.25) is 0 Å². The summed E-state index contributed by atoms with van der Waals surface area (Å²) in [5, 5.41) is 0. The molecule has 0 amide bonds. The average molecular weight is 286 g/mol. The summed E-state index contributed by atoms with van der Waals surface area (Å²) in [6, 6.07) is 10.3. The molecule has 1 aliphatic heterocycles. The summed E-state index contributed by atoms with van der Waals surface area (Å²) in [4.78, 5) is 2.75. The van der Waals surface area contributed by atoms with Crippen LogP contribution in [0.1, 0.15) is 62.6 Å². The zero-order chi connectivity index (χ0) is 14.7. The predicted molar refractivity (Wildman–Crippen MR) is 89.3 cm³/mol. The smallest absolute Gasteiger partial charge is 0.0354 e. The third-order valence-corrected chi connectivity index (χ3v) is 5.71. The lowest BCUT2D eigenvalue weighted by molar-refractivity contribution is 0.0653. The monoisotopic (exact) mass is 286 g/mol. The minimum Gasteiger partial charge on any atom is -0.329 e. The number of likely N-dealkylation sites (tertiary alicyclic amines) is 1. The summed E-state index contributed by atoms with van der Waals surface area (Å²) < 4.78 is 0. The fourth-order valence-corrected chi connectivity index (χ4v) is 4.41. The molecule has 3 rings (SSSR count). The second-order valence-corrected chi connectivity index (χ2v) is 6.89. The van der Waals surface area contributed by atoms with Gasteiger partial charge in [-0.25, -0.2) is 0 Å². The number of hydrogen-bond acceptors (Lipinski definition) is 2. The van der Waals surface area contributed by atoms with Gasteiger partial charge >= 0.3 is 0 Å². The standard InChI is InChI=1S/C19H30N2/c1-2-15-11-12-21(17(13-15)14-20)19-10-6-4-8-16-7-3-5-9-18(16)19/h3,5,7,9,15,17,19H,2,4,6,8,10-14,20H2,1H3. The molecule has 1 aromatic rings. The molecule has 3 atom stereocenters. The van der Waals surface area contributed by atoms with E-state index in [1.54, 1.807) is 11.1 Å². The quantitative estimate of drug-likeness (QED) is 0.854. The van der Waals surface area contributed by atoms with Crippen molar-refractivity contribution in [2.45, 2.75) is 64.0 Å². The van der Waals surface area contributed by atoms with Gasteiger partial charge in [0.25, 0.3) is 0 Å². The van der Waals surface area contributed by atoms with E-state index in [9.17, 15) is 0 Å². The van der Waals surface area contributed by atoms with Gasteiger partial charge in [-0.05, 0) is 55.7 Å². The van der Waals surface area contributed by atoms with Crippen molar-refractivity contribution in [3.63, 3.8) is 0 Å². The zero-order valence-electron chi connectivity index (χ0n) is 13.4. The second kappa shape index (κ2) is 6.93. The highest BCUT2D eigenvalue weighted by Crippen LogP contribution is 2.38. The van der Waals surface area contributed by atoms with Crippen molar-refractivity contribution >= 4 is 0 Å². The third kappa shape index (κ3) is 3.17. The molecule has 1 aliphatic carbocycles. The summed E-state index contributed by atoms with van der Waals surface area (Å²) in [6.07, 6.45) is 9.22. The van der Waals surface area contributed by atoms with Gasteiger partial charge in [0.15, 0.2) is 0 Å². The SMILES string of the molecule is CCC1CCN(C2CCCCc3ccccc32)C(CN)C1. The van der Waals surface area contributed by atoms with Crippen LogP contribution >= 0.6 is 0 Å². The molecule has 0 saturated carbocycles. The Morgan fingerprint density at radius 1 is 1.19 bits per heavy atom. The van der Waals surface area contributed by atoms with Crippen molar-refractivity contribution in [1.29, 1.82) is 0 Å². The zero-order valence-corrected chi connectivity index (χ0v) is 13.4. The van der Waals surface area contributed by atoms with Crippen LogP contribution in [0, 0.1) is 5.92 Å². The maximum absolute atomic E-state index is 6.13. The van der Waals surface area contributed by atoms with E-state index in [0.29, 0.717) is 12.1 Å². The highest BCUT2D eigenvalue weighted by molar-refractivity contribution is 5.31. The number of benzene rings is 1. The predicted octanol–water partition coefficient (Wildman–Crippen LogP) is 3.90. The first-order valence-electron chi connectivity index (χ1n) is 8.87. The van der Waals surface area contributed by atoms with Gasteiger partial charge in [-0.2, -0.15) is 0 Å². The fourth-order valence-electron chi connectivity index (χ4n) is 4.41. The minimum atomic E-state index is 0.583. The topological polar surface area (TPSA) is 29.3 Å². The molecule has 2 nitrogen and oxygen atoms in total. The number of hydrogen-bond donors (Lipinski definition) is 1. The first-order valence-corrected chi connectivity index (χ1v) is 8.87. The van der Waals surface area contributed by atoms with Crippen LogP contribution < -0.4 is 5.73 Å². The number of nitrogens with zero attached hydrogens (tertiary/aromatic N) is 1. The fraction of sp³-hybridized carbons (Fsp3) is 0.684. The van der Waals surface area contributed by atoms with Gasteiger partial charge in [0.2, 0.25) is 0 Å². The van der Waals surface area contributed by atoms with Crippen LogP contribution in [-0.4, -0.2) is 24.0 Å². The van der Waals surface area contributed by atoms with Crippen molar-refractivity contribution in [3.05, 3.63) is 35.4 Å². The van der Waals surface area contributed by atoms with E-state index in [0.717, 1.165) is 12.5 Å². The van der Waals surface area contributed by atoms with Gasteiger partial charge in [0.05, 0.1) is 0 Å². The molecule has 2 N–H and O–H groups in total. The highest BCUT2D eigenvalue weighted by atomic mass is 15.2. The number of piperidine rings is 1. The Morgan fingerprint density at radius 2 is 2.05 bits per heavy atom. The Bertz CT molecular complexity index is 457. The van der Waals surface area contributed by atoms with Gasteiger partial charge in [0, 0.05) is 18.6 Å². The third-order valence-electron chi connectivity index (χ3n) is 5.71. The summed E-state index contributed by atoms with van der Waals surface area (Å²) in [6.45, 7) is 4.38. The maximum atomic E-state index is 6.13. The average Bonchev–Trinajstić information content (AvgIpc) is 2.76. The largest absolute Gasteiger partial charge is 0.329 e. The highest BCUT2D eigenvalue weighted by Gasteiger charge is 2.33. The molecule has 1 heterocycles. The van der Waals surface area contributed by atoms with E-state index in [1.165, 1.54) is 51.5 Å². The van der Waals surface area contributed by atoms with Crippen molar-refractivity contribution in [3.8, 4) is 0 Å². The molecule has 2 heteroatoms. The lowest BCUT2D eigenvalue weighted by Crippen LogP contribution is -2.48. The summed E-state index contributed by atoms with van der Waals surface area (Å²) in [5.41, 5.74) is 9.30. The normalized spacial score (nSPS) is 30.7. The van der Waals surface area contributed by atoms with Crippen LogP contribution in [0.3, 0.4) is 0 Å². The molecule has 0 radical (unpaired) electrons. The van der Waals surface area contributed by atoms with Gasteiger partial charge in [-0.3, -0.25) is 4.90 Å². The lowest BCUT2D eigenvalue weighted by Gasteiger charge is -2.44. The van der Waals surface area contributed by atoms with E-state index >= 15 is 0 Å². The second-order valence-electron chi connectivity index (χ2n) is 6.89. The Hall–Kier alpha value is -0.860. The molecule has 3 unspecified atom stereocenters. The Balaban J connectivity index is 1.85. The van der Waals surface area contributed by atoms with E-state index < -0.39 is 0 Å². The Kier molecular flexibility index (Phi) is 4.97. The van der Waals surface area contributed by atoms with Gasteiger partial charge in [0.1, 0.15) is 0 Å². The summed E-state index contributed by atoms with van der Waals surface area (Å²) >= 11 is 0. The van der Waals surface area contributed by atoms with E-state index in [4.69, 9.17) is 5.73 Å². The molecule has 2 aliphatic rings. The van der Waals surface area contributed by atoms with Crippen LogP contribution in [0.5, 0.6) is 0 Å². The Labute approximate surface area is 129 Å². The van der Waals surface area contributed by atoms with E-state index in [1.807, 2.05) is 0 Å². The number of aryl methyl sites for hydroxylation is 1. The van der Waals surface area contributed by atoms with E-state index in [2.05, 4.69) is 36.1 Å². The molecule has 21 heavy (non-hydrogen) atoms. The number of fused-ring (bicyclic) bond motifs is 1. The first-order chi connectivity index (χ1) is 10.3. The molecular weight excluding hydrogens is 256 g/mol. The molecule has 0 spiro atoms. The van der Waals surface area contributed by atoms with Crippen molar-refractivity contribution < 1.29 is 0 Å². The van der Waals surface area contributed by atoms with Crippen LogP contribution in [-0.2, 0) is 6.42 Å². The van der Waals surface area contributed by atoms with Crippen molar-refractivity contribution in [1.82, 2.24) is 4.90 Å². The molecule has 0 aromatic heterocycles. The molecule has 1 fully saturated rings. The minimum absolute atomic E-state index is 0.583. The lowest BCUT2D eigenvalue weighted by atomic mass is 9.86. The number of rotatable bonds is 3. The van der Waals surface area contributed by atoms with Gasteiger partial charge in [-0.15, -0.1) is 0 Å². The van der Waals surface area contributed by atoms with Crippen molar-refractivity contribution in [2.75, 3.05) is 13.1 Å². The molecule has 116 valence electrons. The molecule has 1 aromatic carbocycles. The molecular formula is C19H30N2. The molecule has 1 saturated heterocycles. The van der Waals surface area contributed by atoms with Crippen LogP contribution in [0.15, 0.2) is 24.3 Å². The summed E-state index contributed by atoms with van der Waals surface area (Å²) in [7, 11) is 0. The van der Waals surface area contributed by atoms with Crippen LogP contribution in [0.4, 0.5) is 0 Å².